The van der Waals surface area contributed by atoms with Crippen molar-refractivity contribution in [3.63, 3.8) is 0 Å². The molecule has 0 saturated heterocycles. The zero-order valence-corrected chi connectivity index (χ0v) is 14.7. The van der Waals surface area contributed by atoms with E-state index >= 15 is 0 Å². The van der Waals surface area contributed by atoms with Crippen molar-refractivity contribution in [3.8, 4) is 0 Å². The smallest absolute Gasteiger partial charge is 0.273 e. The van der Waals surface area contributed by atoms with Crippen LogP contribution in [0.2, 0.25) is 0 Å². The third-order valence-corrected chi connectivity index (χ3v) is 5.58. The van der Waals surface area contributed by atoms with Crippen LogP contribution in [0.4, 0.5) is 5.82 Å². The third-order valence-electron chi connectivity index (χ3n) is 5.58. The van der Waals surface area contributed by atoms with Gasteiger partial charge in [-0.25, -0.2) is 9.97 Å². The molecule has 1 aliphatic carbocycles. The van der Waals surface area contributed by atoms with Crippen molar-refractivity contribution in [1.29, 1.82) is 0 Å². The molecule has 9 heteroatoms. The van der Waals surface area contributed by atoms with E-state index in [9.17, 15) is 9.90 Å². The van der Waals surface area contributed by atoms with Gasteiger partial charge in [-0.15, -0.1) is 0 Å². The normalized spacial score (nSPS) is 21.7. The quantitative estimate of drug-likeness (QED) is 0.628. The number of carbonyl (C=O) groups excluding carboxylic acids is 1. The van der Waals surface area contributed by atoms with Gasteiger partial charge in [0, 0.05) is 37.2 Å². The number of amides is 1. The number of aromatic amines is 1. The molecule has 0 radical (unpaired) electrons. The first kappa shape index (κ1) is 16.2. The van der Waals surface area contributed by atoms with Gasteiger partial charge in [-0.2, -0.15) is 0 Å². The lowest BCUT2D eigenvalue weighted by Gasteiger charge is -2.32. The van der Waals surface area contributed by atoms with Crippen molar-refractivity contribution >= 4 is 22.8 Å². The van der Waals surface area contributed by atoms with Gasteiger partial charge in [0.2, 0.25) is 0 Å². The number of hydrogen-bond donors (Lipinski definition) is 3. The van der Waals surface area contributed by atoms with Gasteiger partial charge in [-0.05, 0) is 18.9 Å². The Kier molecular flexibility index (Phi) is 3.82. The predicted octanol–water partition coefficient (Wildman–Crippen LogP) is 1.01. The van der Waals surface area contributed by atoms with Crippen molar-refractivity contribution in [3.05, 3.63) is 35.6 Å². The minimum atomic E-state index is -0.312. The molecular weight excluding hydrogens is 348 g/mol. The first-order chi connectivity index (χ1) is 13.2. The Hall–Kier alpha value is -2.94. The second-order valence-corrected chi connectivity index (χ2v) is 7.16. The fraction of sp³-hybridized carbons (Fsp3) is 0.444. The highest BCUT2D eigenvalue weighted by Crippen LogP contribution is 2.30. The summed E-state index contributed by atoms with van der Waals surface area (Å²) in [6, 6.07) is 1.95. The van der Waals surface area contributed by atoms with Gasteiger partial charge in [0.05, 0.1) is 18.0 Å². The van der Waals surface area contributed by atoms with Gasteiger partial charge in [0.25, 0.3) is 5.91 Å². The van der Waals surface area contributed by atoms with E-state index in [-0.39, 0.29) is 17.9 Å². The molecule has 1 saturated carbocycles. The Bertz CT molecular complexity index is 996. The zero-order valence-electron chi connectivity index (χ0n) is 14.7. The van der Waals surface area contributed by atoms with Crippen molar-refractivity contribution < 1.29 is 14.4 Å². The van der Waals surface area contributed by atoms with Gasteiger partial charge in [0.1, 0.15) is 23.6 Å². The molecular formula is C18H20N6O3. The lowest BCUT2D eigenvalue weighted by molar-refractivity contribution is 0.0244. The van der Waals surface area contributed by atoms with Crippen molar-refractivity contribution in [2.45, 2.75) is 31.9 Å². The van der Waals surface area contributed by atoms with E-state index in [1.165, 1.54) is 6.33 Å². The second-order valence-electron chi connectivity index (χ2n) is 7.16. The molecule has 4 heterocycles. The summed E-state index contributed by atoms with van der Waals surface area (Å²) in [7, 11) is 0. The highest BCUT2D eigenvalue weighted by Gasteiger charge is 2.32. The van der Waals surface area contributed by atoms with Crippen molar-refractivity contribution in [2.24, 2.45) is 5.92 Å². The van der Waals surface area contributed by atoms with E-state index in [0.717, 1.165) is 47.6 Å². The maximum Gasteiger partial charge on any atom is 0.273 e. The highest BCUT2D eigenvalue weighted by atomic mass is 16.5. The lowest BCUT2D eigenvalue weighted by atomic mass is 9.82. The molecule has 0 spiro atoms. The van der Waals surface area contributed by atoms with Gasteiger partial charge < -0.3 is 24.8 Å². The molecule has 2 unspecified atom stereocenters. The molecule has 3 aromatic heterocycles. The van der Waals surface area contributed by atoms with Crippen LogP contribution in [0.1, 0.15) is 34.7 Å². The summed E-state index contributed by atoms with van der Waals surface area (Å²) in [6.07, 6.45) is 5.47. The Balaban J connectivity index is 1.36. The SMILES string of the molecule is O=C(NCC1CCC1O)c1noc2c1CN(c1ncnc3[nH]ccc13)CC2. The number of aromatic nitrogens is 4. The molecule has 0 bridgehead atoms. The number of aliphatic hydroxyl groups excluding tert-OH is 1. The summed E-state index contributed by atoms with van der Waals surface area (Å²) in [5.41, 5.74) is 1.91. The molecule has 2 aliphatic rings. The number of nitrogens with one attached hydrogen (secondary N) is 2. The average Bonchev–Trinajstić information content (AvgIpc) is 3.32. The Morgan fingerprint density at radius 1 is 1.41 bits per heavy atom. The number of nitrogens with zero attached hydrogens (tertiary/aromatic N) is 4. The van der Waals surface area contributed by atoms with Gasteiger partial charge in [-0.3, -0.25) is 4.79 Å². The average molecular weight is 368 g/mol. The standard InChI is InChI=1S/C18H20N6O3/c25-13-2-1-10(13)7-20-18(26)15-12-8-24(6-4-14(12)27-23-15)17-11-3-5-19-16(11)21-9-22-17/h3,5,9-10,13,25H,1-2,4,6-8H2,(H,20,26)(H,19,21,22). The first-order valence-corrected chi connectivity index (χ1v) is 9.17. The summed E-state index contributed by atoms with van der Waals surface area (Å²) in [5.74, 6) is 1.46. The second kappa shape index (κ2) is 6.34. The molecule has 1 aliphatic heterocycles. The number of carbonyl (C=O) groups is 1. The molecule has 2 atom stereocenters. The third kappa shape index (κ3) is 2.74. The monoisotopic (exact) mass is 368 g/mol. The molecule has 140 valence electrons. The van der Waals surface area contributed by atoms with Crippen LogP contribution >= 0.6 is 0 Å². The number of rotatable bonds is 4. The van der Waals surface area contributed by atoms with Crippen LogP contribution in [-0.2, 0) is 13.0 Å². The van der Waals surface area contributed by atoms with E-state index in [4.69, 9.17) is 4.52 Å². The maximum absolute atomic E-state index is 12.6. The van der Waals surface area contributed by atoms with E-state index < -0.39 is 0 Å². The van der Waals surface area contributed by atoms with Crippen LogP contribution in [0.15, 0.2) is 23.1 Å². The summed E-state index contributed by atoms with van der Waals surface area (Å²) < 4.78 is 5.41. The first-order valence-electron chi connectivity index (χ1n) is 9.17. The van der Waals surface area contributed by atoms with E-state index in [2.05, 4.69) is 30.3 Å². The molecule has 1 amide bonds. The summed E-state index contributed by atoms with van der Waals surface area (Å²) in [4.78, 5) is 26.5. The van der Waals surface area contributed by atoms with Crippen LogP contribution in [-0.4, -0.2) is 50.3 Å². The molecule has 3 aromatic rings. The van der Waals surface area contributed by atoms with Gasteiger partial charge in [0.15, 0.2) is 5.69 Å². The fourth-order valence-corrected chi connectivity index (χ4v) is 3.78. The molecule has 27 heavy (non-hydrogen) atoms. The Morgan fingerprint density at radius 2 is 2.33 bits per heavy atom. The maximum atomic E-state index is 12.6. The zero-order chi connectivity index (χ0) is 18.4. The molecule has 5 rings (SSSR count). The van der Waals surface area contributed by atoms with Gasteiger partial charge >= 0.3 is 0 Å². The number of fused-ring (bicyclic) bond motifs is 2. The van der Waals surface area contributed by atoms with Crippen LogP contribution < -0.4 is 10.2 Å². The number of hydrogen-bond acceptors (Lipinski definition) is 7. The minimum absolute atomic E-state index is 0.135. The van der Waals surface area contributed by atoms with E-state index in [1.54, 1.807) is 0 Å². The molecule has 1 fully saturated rings. The number of anilines is 1. The highest BCUT2D eigenvalue weighted by molar-refractivity contribution is 5.94. The molecule has 3 N–H and O–H groups in total. The summed E-state index contributed by atoms with van der Waals surface area (Å²) >= 11 is 0. The topological polar surface area (TPSA) is 120 Å². The van der Waals surface area contributed by atoms with Crippen LogP contribution in [0.5, 0.6) is 0 Å². The minimum Gasteiger partial charge on any atom is -0.393 e. The predicted molar refractivity (Wildman–Crippen MR) is 96.2 cm³/mol. The van der Waals surface area contributed by atoms with Crippen molar-refractivity contribution in [1.82, 2.24) is 25.4 Å². The van der Waals surface area contributed by atoms with Crippen LogP contribution in [0, 0.1) is 5.92 Å². The van der Waals surface area contributed by atoms with Crippen LogP contribution in [0.25, 0.3) is 11.0 Å². The number of H-pyrrole nitrogens is 1. The lowest BCUT2D eigenvalue weighted by Crippen LogP contribution is -2.41. The molecule has 9 nitrogen and oxygen atoms in total. The van der Waals surface area contributed by atoms with E-state index in [0.29, 0.717) is 25.2 Å². The van der Waals surface area contributed by atoms with E-state index in [1.807, 2.05) is 12.3 Å². The Morgan fingerprint density at radius 3 is 3.15 bits per heavy atom. The number of aliphatic hydroxyl groups is 1. The van der Waals surface area contributed by atoms with Crippen LogP contribution in [0.3, 0.4) is 0 Å². The Labute approximate surface area is 154 Å². The summed E-state index contributed by atoms with van der Waals surface area (Å²) in [5, 5.41) is 17.5. The van der Waals surface area contributed by atoms with Gasteiger partial charge in [-0.1, -0.05) is 5.16 Å². The fourth-order valence-electron chi connectivity index (χ4n) is 3.78. The molecule has 0 aromatic carbocycles. The largest absolute Gasteiger partial charge is 0.393 e. The van der Waals surface area contributed by atoms with Crippen molar-refractivity contribution in [2.75, 3.05) is 18.0 Å². The summed E-state index contributed by atoms with van der Waals surface area (Å²) in [6.45, 7) is 1.70.